The fraction of sp³-hybridized carbons (Fsp3) is 0.250. The number of nitrogens with zero attached hydrogens (tertiary/aromatic N) is 1. The monoisotopic (exact) mass is 281 g/mol. The Kier molecular flexibility index (Phi) is 3.29. The molecule has 3 nitrogen and oxygen atoms in total. The summed E-state index contributed by atoms with van der Waals surface area (Å²) < 4.78 is 10.7. The number of halogens is 1. The van der Waals surface area contributed by atoms with Crippen LogP contribution in [0.1, 0.15) is 11.3 Å². The van der Waals surface area contributed by atoms with Gasteiger partial charge in [-0.25, -0.2) is 4.98 Å². The quantitative estimate of drug-likeness (QED) is 0.807. The Labute approximate surface area is 103 Å². The van der Waals surface area contributed by atoms with Gasteiger partial charge in [0.25, 0.3) is 0 Å². The van der Waals surface area contributed by atoms with Crippen molar-refractivity contribution in [2.75, 3.05) is 7.11 Å². The average molecular weight is 282 g/mol. The zero-order chi connectivity index (χ0) is 11.5. The number of benzene rings is 1. The van der Waals surface area contributed by atoms with Gasteiger partial charge in [-0.3, -0.25) is 0 Å². The number of alkyl halides is 1. The third-order valence-corrected chi connectivity index (χ3v) is 2.90. The summed E-state index contributed by atoms with van der Waals surface area (Å²) in [4.78, 5) is 4.15. The maximum Gasteiger partial charge on any atom is 0.181 e. The summed E-state index contributed by atoms with van der Waals surface area (Å²) in [5, 5.41) is 0.663. The Balaban J connectivity index is 2.58. The molecule has 0 N–H and O–H groups in total. The van der Waals surface area contributed by atoms with Crippen LogP contribution in [0.5, 0.6) is 5.75 Å². The first kappa shape index (κ1) is 11.2. The highest BCUT2D eigenvalue weighted by molar-refractivity contribution is 9.08. The van der Waals surface area contributed by atoms with Crippen LogP contribution in [0.2, 0.25) is 0 Å². The van der Waals surface area contributed by atoms with Crippen LogP contribution in [-0.4, -0.2) is 12.1 Å². The zero-order valence-corrected chi connectivity index (χ0v) is 10.7. The first-order chi connectivity index (χ1) is 7.76. The molecule has 0 bridgehead atoms. The number of methoxy groups -OCH3 is 1. The van der Waals surface area contributed by atoms with Crippen molar-refractivity contribution in [1.82, 2.24) is 4.98 Å². The lowest BCUT2D eigenvalue weighted by Crippen LogP contribution is -1.90. The third-order valence-electron chi connectivity index (χ3n) is 2.37. The van der Waals surface area contributed by atoms with E-state index < -0.39 is 0 Å². The normalized spacial score (nSPS) is 10.4. The van der Waals surface area contributed by atoms with E-state index in [1.165, 1.54) is 6.39 Å². The highest BCUT2D eigenvalue weighted by atomic mass is 79.9. The Morgan fingerprint density at radius 1 is 1.44 bits per heavy atom. The third kappa shape index (κ3) is 1.97. The summed E-state index contributed by atoms with van der Waals surface area (Å²) in [7, 11) is 1.65. The minimum atomic E-state index is 0.663. The molecule has 0 aliphatic carbocycles. The van der Waals surface area contributed by atoms with Crippen molar-refractivity contribution in [2.24, 2.45) is 0 Å². The van der Waals surface area contributed by atoms with E-state index in [2.05, 4.69) is 20.9 Å². The standard InChI is InChI=1S/C12H12BrNO2/c1-8-3-4-11(15-2)9(5-8)12-10(6-13)14-7-16-12/h3-5,7H,6H2,1-2H3. The molecule has 1 aromatic carbocycles. The van der Waals surface area contributed by atoms with Gasteiger partial charge in [-0.05, 0) is 19.1 Å². The van der Waals surface area contributed by atoms with Crippen LogP contribution in [0.15, 0.2) is 29.0 Å². The zero-order valence-electron chi connectivity index (χ0n) is 9.16. The van der Waals surface area contributed by atoms with Gasteiger partial charge < -0.3 is 9.15 Å². The van der Waals surface area contributed by atoms with Gasteiger partial charge in [-0.15, -0.1) is 0 Å². The van der Waals surface area contributed by atoms with Crippen molar-refractivity contribution in [3.8, 4) is 17.1 Å². The number of aromatic nitrogens is 1. The number of hydrogen-bond acceptors (Lipinski definition) is 3. The maximum atomic E-state index is 5.42. The molecule has 2 rings (SSSR count). The fourth-order valence-corrected chi connectivity index (χ4v) is 1.98. The topological polar surface area (TPSA) is 35.3 Å². The Hall–Kier alpha value is -1.29. The van der Waals surface area contributed by atoms with Crippen LogP contribution in [0.4, 0.5) is 0 Å². The summed E-state index contributed by atoms with van der Waals surface area (Å²) in [5.41, 5.74) is 2.98. The van der Waals surface area contributed by atoms with E-state index >= 15 is 0 Å². The minimum absolute atomic E-state index is 0.663. The molecule has 0 aliphatic rings. The smallest absolute Gasteiger partial charge is 0.181 e. The van der Waals surface area contributed by atoms with Crippen LogP contribution in [0.3, 0.4) is 0 Å². The Bertz CT molecular complexity index is 494. The molecule has 0 atom stereocenters. The SMILES string of the molecule is COc1ccc(C)cc1-c1ocnc1CBr. The van der Waals surface area contributed by atoms with Gasteiger partial charge in [0.05, 0.1) is 18.4 Å². The molecule has 1 heterocycles. The summed E-state index contributed by atoms with van der Waals surface area (Å²) in [6.07, 6.45) is 1.45. The van der Waals surface area contributed by atoms with Crippen molar-refractivity contribution in [1.29, 1.82) is 0 Å². The molecular formula is C12H12BrNO2. The van der Waals surface area contributed by atoms with Gasteiger partial charge in [-0.1, -0.05) is 27.6 Å². The second-order valence-corrected chi connectivity index (χ2v) is 4.03. The molecule has 84 valence electrons. The molecule has 0 fully saturated rings. The van der Waals surface area contributed by atoms with Crippen molar-refractivity contribution >= 4 is 15.9 Å². The van der Waals surface area contributed by atoms with E-state index in [0.29, 0.717) is 5.33 Å². The molecule has 0 saturated heterocycles. The van der Waals surface area contributed by atoms with Crippen LogP contribution in [-0.2, 0) is 5.33 Å². The van der Waals surface area contributed by atoms with Crippen molar-refractivity contribution in [3.05, 3.63) is 35.9 Å². The van der Waals surface area contributed by atoms with E-state index in [-0.39, 0.29) is 0 Å². The lowest BCUT2D eigenvalue weighted by Gasteiger charge is -2.07. The van der Waals surface area contributed by atoms with Gasteiger partial charge in [0.15, 0.2) is 12.2 Å². The van der Waals surface area contributed by atoms with Crippen molar-refractivity contribution < 1.29 is 9.15 Å². The van der Waals surface area contributed by atoms with E-state index in [0.717, 1.165) is 28.3 Å². The minimum Gasteiger partial charge on any atom is -0.496 e. The molecule has 2 aromatic rings. The molecule has 16 heavy (non-hydrogen) atoms. The molecule has 0 spiro atoms. The largest absolute Gasteiger partial charge is 0.496 e. The second-order valence-electron chi connectivity index (χ2n) is 3.47. The van der Waals surface area contributed by atoms with Crippen molar-refractivity contribution in [2.45, 2.75) is 12.3 Å². The Morgan fingerprint density at radius 2 is 2.25 bits per heavy atom. The molecule has 0 radical (unpaired) electrons. The highest BCUT2D eigenvalue weighted by Crippen LogP contribution is 2.33. The fourth-order valence-electron chi connectivity index (χ4n) is 1.58. The average Bonchev–Trinajstić information content (AvgIpc) is 2.76. The van der Waals surface area contributed by atoms with E-state index in [4.69, 9.17) is 9.15 Å². The molecule has 1 aromatic heterocycles. The molecule has 0 aliphatic heterocycles. The number of oxazole rings is 1. The molecule has 0 amide bonds. The molecular weight excluding hydrogens is 270 g/mol. The van der Waals surface area contributed by atoms with Gasteiger partial charge in [0.2, 0.25) is 0 Å². The first-order valence-corrected chi connectivity index (χ1v) is 6.01. The van der Waals surface area contributed by atoms with Gasteiger partial charge in [0, 0.05) is 5.33 Å². The predicted octanol–water partition coefficient (Wildman–Crippen LogP) is 3.55. The Morgan fingerprint density at radius 3 is 2.94 bits per heavy atom. The van der Waals surface area contributed by atoms with Crippen LogP contribution in [0, 0.1) is 6.92 Å². The van der Waals surface area contributed by atoms with Crippen LogP contribution < -0.4 is 4.74 Å². The number of hydrogen-bond donors (Lipinski definition) is 0. The first-order valence-electron chi connectivity index (χ1n) is 4.89. The van der Waals surface area contributed by atoms with Gasteiger partial charge >= 0.3 is 0 Å². The highest BCUT2D eigenvalue weighted by Gasteiger charge is 2.14. The lowest BCUT2D eigenvalue weighted by atomic mass is 10.1. The van der Waals surface area contributed by atoms with E-state index in [1.807, 2.05) is 25.1 Å². The van der Waals surface area contributed by atoms with Crippen LogP contribution >= 0.6 is 15.9 Å². The maximum absolute atomic E-state index is 5.42. The second kappa shape index (κ2) is 4.70. The molecule has 0 unspecified atom stereocenters. The molecule has 4 heteroatoms. The number of rotatable bonds is 3. The number of ether oxygens (including phenoxy) is 1. The lowest BCUT2D eigenvalue weighted by molar-refractivity contribution is 0.414. The van der Waals surface area contributed by atoms with E-state index in [1.54, 1.807) is 7.11 Å². The summed E-state index contributed by atoms with van der Waals surface area (Å²) in [5.74, 6) is 1.56. The summed E-state index contributed by atoms with van der Waals surface area (Å²) in [6, 6.07) is 5.98. The van der Waals surface area contributed by atoms with Gasteiger partial charge in [0.1, 0.15) is 5.75 Å². The molecule has 0 saturated carbocycles. The van der Waals surface area contributed by atoms with Crippen LogP contribution in [0.25, 0.3) is 11.3 Å². The van der Waals surface area contributed by atoms with E-state index in [9.17, 15) is 0 Å². The predicted molar refractivity (Wildman–Crippen MR) is 65.9 cm³/mol. The van der Waals surface area contributed by atoms with Gasteiger partial charge in [-0.2, -0.15) is 0 Å². The number of aryl methyl sites for hydroxylation is 1. The summed E-state index contributed by atoms with van der Waals surface area (Å²) >= 11 is 3.39. The van der Waals surface area contributed by atoms with Crippen molar-refractivity contribution in [3.63, 3.8) is 0 Å². The summed E-state index contributed by atoms with van der Waals surface area (Å²) in [6.45, 7) is 2.03.